The van der Waals surface area contributed by atoms with Crippen molar-refractivity contribution in [1.82, 2.24) is 10.2 Å². The number of nitrogens with one attached hydrogen (secondary N) is 1. The van der Waals surface area contributed by atoms with Gasteiger partial charge in [-0.1, -0.05) is 19.3 Å². The summed E-state index contributed by atoms with van der Waals surface area (Å²) in [4.78, 5) is 14.4. The Balaban J connectivity index is 1.56. The highest BCUT2D eigenvalue weighted by molar-refractivity contribution is 5.81. The molecule has 5 nitrogen and oxygen atoms in total. The summed E-state index contributed by atoms with van der Waals surface area (Å²) >= 11 is 0. The number of ether oxygens (including phenoxy) is 1. The molecule has 0 bridgehead atoms. The fraction of sp³-hybridized carbons (Fsp3) is 0.933. The van der Waals surface area contributed by atoms with Crippen molar-refractivity contribution in [3.8, 4) is 0 Å². The molecule has 1 unspecified atom stereocenters. The normalized spacial score (nSPS) is 23.4. The SMILES string of the molecule is NC(C(=O)NCCCN1CCOCC1)C1CCCCC1. The van der Waals surface area contributed by atoms with Gasteiger partial charge in [-0.15, -0.1) is 0 Å². The second-order valence-electron chi connectivity index (χ2n) is 6.02. The van der Waals surface area contributed by atoms with Crippen LogP contribution < -0.4 is 11.1 Å². The molecule has 0 aromatic heterocycles. The molecule has 0 aromatic rings. The number of amides is 1. The predicted octanol–water partition coefficient (Wildman–Crippen LogP) is 0.732. The average molecular weight is 283 g/mol. The van der Waals surface area contributed by atoms with Crippen LogP contribution in [0.3, 0.4) is 0 Å². The molecule has 1 heterocycles. The monoisotopic (exact) mass is 283 g/mol. The Hall–Kier alpha value is -0.650. The van der Waals surface area contributed by atoms with Gasteiger partial charge in [0.2, 0.25) is 5.91 Å². The first kappa shape index (κ1) is 15.7. The van der Waals surface area contributed by atoms with Crippen LogP contribution >= 0.6 is 0 Å². The number of carbonyl (C=O) groups excluding carboxylic acids is 1. The summed E-state index contributed by atoms with van der Waals surface area (Å²) in [6.07, 6.45) is 6.96. The zero-order chi connectivity index (χ0) is 14.2. The lowest BCUT2D eigenvalue weighted by Crippen LogP contribution is -2.46. The summed E-state index contributed by atoms with van der Waals surface area (Å²) in [6.45, 7) is 5.45. The molecular weight excluding hydrogens is 254 g/mol. The first-order valence-corrected chi connectivity index (χ1v) is 8.11. The van der Waals surface area contributed by atoms with Crippen molar-refractivity contribution in [1.29, 1.82) is 0 Å². The first-order chi connectivity index (χ1) is 9.77. The fourth-order valence-electron chi connectivity index (χ4n) is 3.16. The van der Waals surface area contributed by atoms with E-state index >= 15 is 0 Å². The van der Waals surface area contributed by atoms with E-state index in [9.17, 15) is 4.79 Å². The van der Waals surface area contributed by atoms with Gasteiger partial charge in [0.25, 0.3) is 0 Å². The minimum absolute atomic E-state index is 0.0406. The molecule has 0 spiro atoms. The van der Waals surface area contributed by atoms with E-state index in [-0.39, 0.29) is 11.9 Å². The van der Waals surface area contributed by atoms with E-state index in [1.165, 1.54) is 19.3 Å². The van der Waals surface area contributed by atoms with Crippen molar-refractivity contribution >= 4 is 5.91 Å². The molecule has 1 saturated carbocycles. The van der Waals surface area contributed by atoms with E-state index < -0.39 is 0 Å². The number of rotatable bonds is 6. The van der Waals surface area contributed by atoms with E-state index in [4.69, 9.17) is 10.5 Å². The number of carbonyl (C=O) groups is 1. The van der Waals surface area contributed by atoms with Gasteiger partial charge in [-0.3, -0.25) is 9.69 Å². The van der Waals surface area contributed by atoms with Gasteiger partial charge in [0.15, 0.2) is 0 Å². The Bertz CT molecular complexity index is 287. The van der Waals surface area contributed by atoms with Gasteiger partial charge in [0.05, 0.1) is 19.3 Å². The lowest BCUT2D eigenvalue weighted by molar-refractivity contribution is -0.123. The Labute approximate surface area is 122 Å². The molecule has 0 radical (unpaired) electrons. The highest BCUT2D eigenvalue weighted by atomic mass is 16.5. The minimum Gasteiger partial charge on any atom is -0.379 e. The Morgan fingerprint density at radius 3 is 2.65 bits per heavy atom. The second-order valence-corrected chi connectivity index (χ2v) is 6.02. The van der Waals surface area contributed by atoms with Crippen molar-refractivity contribution in [2.45, 2.75) is 44.6 Å². The molecule has 1 saturated heterocycles. The predicted molar refractivity (Wildman–Crippen MR) is 79.4 cm³/mol. The van der Waals surface area contributed by atoms with Crippen LogP contribution in [0.5, 0.6) is 0 Å². The Morgan fingerprint density at radius 1 is 1.25 bits per heavy atom. The summed E-state index contributed by atoms with van der Waals surface area (Å²) in [5.41, 5.74) is 6.08. The largest absolute Gasteiger partial charge is 0.379 e. The summed E-state index contributed by atoms with van der Waals surface area (Å²) in [5.74, 6) is 0.432. The van der Waals surface area contributed by atoms with Crippen molar-refractivity contribution < 1.29 is 9.53 Å². The molecule has 0 aromatic carbocycles. The zero-order valence-corrected chi connectivity index (χ0v) is 12.5. The van der Waals surface area contributed by atoms with Gasteiger partial charge >= 0.3 is 0 Å². The third kappa shape index (κ3) is 5.04. The van der Waals surface area contributed by atoms with Gasteiger partial charge in [0, 0.05) is 19.6 Å². The maximum atomic E-state index is 12.0. The number of nitrogens with zero attached hydrogens (tertiary/aromatic N) is 1. The molecular formula is C15H29N3O2. The smallest absolute Gasteiger partial charge is 0.237 e. The van der Waals surface area contributed by atoms with Crippen molar-refractivity contribution in [2.75, 3.05) is 39.4 Å². The van der Waals surface area contributed by atoms with Gasteiger partial charge in [-0.05, 0) is 31.7 Å². The Morgan fingerprint density at radius 2 is 1.95 bits per heavy atom. The van der Waals surface area contributed by atoms with Gasteiger partial charge in [-0.25, -0.2) is 0 Å². The molecule has 2 rings (SSSR count). The molecule has 2 fully saturated rings. The number of hydrogen-bond donors (Lipinski definition) is 2. The molecule has 20 heavy (non-hydrogen) atoms. The molecule has 1 aliphatic carbocycles. The van der Waals surface area contributed by atoms with Crippen LogP contribution in [0.2, 0.25) is 0 Å². The molecule has 1 aliphatic heterocycles. The fourth-order valence-corrected chi connectivity index (χ4v) is 3.16. The molecule has 5 heteroatoms. The van der Waals surface area contributed by atoms with Crippen LogP contribution in [-0.4, -0.2) is 56.2 Å². The molecule has 116 valence electrons. The quantitative estimate of drug-likeness (QED) is 0.705. The summed E-state index contributed by atoms with van der Waals surface area (Å²) < 4.78 is 5.31. The van der Waals surface area contributed by atoms with E-state index in [1.807, 2.05) is 0 Å². The van der Waals surface area contributed by atoms with E-state index in [0.717, 1.165) is 58.7 Å². The number of nitrogens with two attached hydrogens (primary N) is 1. The van der Waals surface area contributed by atoms with Crippen LogP contribution in [0.1, 0.15) is 38.5 Å². The highest BCUT2D eigenvalue weighted by Crippen LogP contribution is 2.25. The van der Waals surface area contributed by atoms with Crippen LogP contribution in [0.15, 0.2) is 0 Å². The molecule has 3 N–H and O–H groups in total. The zero-order valence-electron chi connectivity index (χ0n) is 12.5. The van der Waals surface area contributed by atoms with Crippen molar-refractivity contribution in [2.24, 2.45) is 11.7 Å². The van der Waals surface area contributed by atoms with Crippen molar-refractivity contribution in [3.05, 3.63) is 0 Å². The summed E-state index contributed by atoms with van der Waals surface area (Å²) in [5, 5.41) is 3.00. The third-order valence-electron chi connectivity index (χ3n) is 4.51. The summed E-state index contributed by atoms with van der Waals surface area (Å²) in [6, 6.07) is -0.307. The van der Waals surface area contributed by atoms with Crippen LogP contribution in [-0.2, 0) is 9.53 Å². The van der Waals surface area contributed by atoms with Crippen LogP contribution in [0.4, 0.5) is 0 Å². The first-order valence-electron chi connectivity index (χ1n) is 8.11. The van der Waals surface area contributed by atoms with E-state index in [1.54, 1.807) is 0 Å². The second kappa shape index (κ2) is 8.60. The van der Waals surface area contributed by atoms with Gasteiger partial charge in [-0.2, -0.15) is 0 Å². The molecule has 2 aliphatic rings. The summed E-state index contributed by atoms with van der Waals surface area (Å²) in [7, 11) is 0. The molecule has 1 amide bonds. The van der Waals surface area contributed by atoms with Crippen molar-refractivity contribution in [3.63, 3.8) is 0 Å². The maximum absolute atomic E-state index is 12.0. The molecule has 1 atom stereocenters. The van der Waals surface area contributed by atoms with Crippen LogP contribution in [0.25, 0.3) is 0 Å². The van der Waals surface area contributed by atoms with Gasteiger partial charge in [0.1, 0.15) is 0 Å². The topological polar surface area (TPSA) is 67.6 Å². The average Bonchev–Trinajstić information content (AvgIpc) is 2.52. The number of hydrogen-bond acceptors (Lipinski definition) is 4. The standard InChI is InChI=1S/C15H29N3O2/c16-14(13-5-2-1-3-6-13)15(19)17-7-4-8-18-9-11-20-12-10-18/h13-14H,1-12,16H2,(H,17,19). The van der Waals surface area contributed by atoms with E-state index in [0.29, 0.717) is 5.92 Å². The highest BCUT2D eigenvalue weighted by Gasteiger charge is 2.25. The van der Waals surface area contributed by atoms with Gasteiger partial charge < -0.3 is 15.8 Å². The Kier molecular flexibility index (Phi) is 6.76. The third-order valence-corrected chi connectivity index (χ3v) is 4.51. The maximum Gasteiger partial charge on any atom is 0.237 e. The lowest BCUT2D eigenvalue weighted by atomic mass is 9.84. The van der Waals surface area contributed by atoms with E-state index in [2.05, 4.69) is 10.2 Å². The van der Waals surface area contributed by atoms with Crippen LogP contribution in [0, 0.1) is 5.92 Å². The minimum atomic E-state index is -0.307. The number of morpholine rings is 1. The lowest BCUT2D eigenvalue weighted by Gasteiger charge is -2.27.